The van der Waals surface area contributed by atoms with Gasteiger partial charge in [-0.25, -0.2) is 4.39 Å². The first-order valence-corrected chi connectivity index (χ1v) is 5.46. The fourth-order valence-corrected chi connectivity index (χ4v) is 1.56. The first-order chi connectivity index (χ1) is 8.01. The van der Waals surface area contributed by atoms with Crippen LogP contribution >= 0.6 is 0 Å². The van der Waals surface area contributed by atoms with Crippen molar-refractivity contribution in [3.05, 3.63) is 29.6 Å². The molecule has 1 rings (SSSR count). The molecule has 0 aliphatic rings. The Hall–Kier alpha value is -1.40. The molecular weight excluding hydrogens is 224 g/mol. The molecule has 0 unspecified atom stereocenters. The van der Waals surface area contributed by atoms with E-state index in [-0.39, 0.29) is 16.9 Å². The van der Waals surface area contributed by atoms with Gasteiger partial charge < -0.3 is 14.9 Å². The van der Waals surface area contributed by atoms with Gasteiger partial charge in [0.1, 0.15) is 5.82 Å². The number of carbonyl (C=O) groups excluding carboxylic acids is 1. The standard InChI is InChI=1S/C11H15BFNO3/c1-3-14(4-2)11(15)8-5-6-9(12(16)17)10(13)7-8/h5-7,16-17H,3-4H2,1-2H3. The molecule has 0 aliphatic carbocycles. The Kier molecular flexibility index (Phi) is 4.66. The Labute approximate surface area is 99.8 Å². The van der Waals surface area contributed by atoms with Gasteiger partial charge in [-0.2, -0.15) is 0 Å². The highest BCUT2D eigenvalue weighted by Crippen LogP contribution is 2.06. The number of amides is 1. The van der Waals surface area contributed by atoms with Crippen molar-refractivity contribution in [2.45, 2.75) is 13.8 Å². The van der Waals surface area contributed by atoms with Crippen molar-refractivity contribution in [1.29, 1.82) is 0 Å². The first-order valence-electron chi connectivity index (χ1n) is 5.46. The summed E-state index contributed by atoms with van der Waals surface area (Å²) in [7, 11) is -1.87. The van der Waals surface area contributed by atoms with Crippen LogP contribution in [-0.4, -0.2) is 41.1 Å². The number of rotatable bonds is 4. The quantitative estimate of drug-likeness (QED) is 0.726. The Morgan fingerprint density at radius 1 is 1.35 bits per heavy atom. The van der Waals surface area contributed by atoms with E-state index in [0.717, 1.165) is 6.07 Å². The molecule has 0 aliphatic heterocycles. The van der Waals surface area contributed by atoms with E-state index in [1.165, 1.54) is 12.1 Å². The molecule has 0 saturated carbocycles. The summed E-state index contributed by atoms with van der Waals surface area (Å²) in [6.07, 6.45) is 0. The van der Waals surface area contributed by atoms with Crippen LogP contribution < -0.4 is 5.46 Å². The molecule has 0 spiro atoms. The zero-order valence-corrected chi connectivity index (χ0v) is 9.85. The Morgan fingerprint density at radius 3 is 2.35 bits per heavy atom. The lowest BCUT2D eigenvalue weighted by molar-refractivity contribution is 0.0772. The third-order valence-corrected chi connectivity index (χ3v) is 2.58. The molecule has 0 atom stereocenters. The summed E-state index contributed by atoms with van der Waals surface area (Å²) in [6, 6.07) is 3.62. The number of carbonyl (C=O) groups is 1. The van der Waals surface area contributed by atoms with Crippen LogP contribution in [0, 0.1) is 5.82 Å². The molecule has 0 fully saturated rings. The zero-order valence-electron chi connectivity index (χ0n) is 9.85. The fourth-order valence-electron chi connectivity index (χ4n) is 1.56. The largest absolute Gasteiger partial charge is 0.491 e. The van der Waals surface area contributed by atoms with Gasteiger partial charge in [-0.05, 0) is 26.0 Å². The molecular formula is C11H15BFNO3. The second kappa shape index (κ2) is 5.79. The SMILES string of the molecule is CCN(CC)C(=O)c1ccc(B(O)O)c(F)c1. The number of halogens is 1. The van der Waals surface area contributed by atoms with Crippen LogP contribution in [0.3, 0.4) is 0 Å². The van der Waals surface area contributed by atoms with Gasteiger partial charge in [0.05, 0.1) is 0 Å². The molecule has 4 nitrogen and oxygen atoms in total. The van der Waals surface area contributed by atoms with Gasteiger partial charge in [0.15, 0.2) is 0 Å². The molecule has 0 heterocycles. The number of benzene rings is 1. The summed E-state index contributed by atoms with van der Waals surface area (Å²) in [5.74, 6) is -1.06. The maximum absolute atomic E-state index is 13.4. The van der Waals surface area contributed by atoms with E-state index in [4.69, 9.17) is 10.0 Å². The molecule has 0 aromatic heterocycles. The maximum atomic E-state index is 13.4. The molecule has 0 bridgehead atoms. The van der Waals surface area contributed by atoms with Crippen LogP contribution in [-0.2, 0) is 0 Å². The van der Waals surface area contributed by atoms with Crippen LogP contribution in [0.5, 0.6) is 0 Å². The topological polar surface area (TPSA) is 60.8 Å². The molecule has 0 radical (unpaired) electrons. The van der Waals surface area contributed by atoms with E-state index in [9.17, 15) is 9.18 Å². The lowest BCUT2D eigenvalue weighted by Gasteiger charge is -2.18. The van der Waals surface area contributed by atoms with E-state index >= 15 is 0 Å². The summed E-state index contributed by atoms with van der Waals surface area (Å²) >= 11 is 0. The third kappa shape index (κ3) is 3.05. The van der Waals surface area contributed by atoms with Crippen molar-refractivity contribution in [3.8, 4) is 0 Å². The average Bonchev–Trinajstić information content (AvgIpc) is 2.29. The lowest BCUT2D eigenvalue weighted by Crippen LogP contribution is -2.34. The second-order valence-corrected chi connectivity index (χ2v) is 3.59. The fraction of sp³-hybridized carbons (Fsp3) is 0.364. The molecule has 92 valence electrons. The van der Waals surface area contributed by atoms with Gasteiger partial charge in [0.25, 0.3) is 5.91 Å². The Morgan fingerprint density at radius 2 is 1.94 bits per heavy atom. The minimum atomic E-state index is -1.87. The first kappa shape index (κ1) is 13.7. The van der Waals surface area contributed by atoms with E-state index < -0.39 is 12.9 Å². The summed E-state index contributed by atoms with van der Waals surface area (Å²) in [5, 5.41) is 17.7. The van der Waals surface area contributed by atoms with E-state index in [0.29, 0.717) is 13.1 Å². The predicted molar refractivity (Wildman–Crippen MR) is 63.5 cm³/mol. The normalized spacial score (nSPS) is 10.2. The van der Waals surface area contributed by atoms with E-state index in [2.05, 4.69) is 0 Å². The molecule has 1 aromatic rings. The van der Waals surface area contributed by atoms with Gasteiger partial charge in [-0.3, -0.25) is 4.79 Å². The van der Waals surface area contributed by atoms with Crippen LogP contribution in [0.1, 0.15) is 24.2 Å². The van der Waals surface area contributed by atoms with Crippen molar-refractivity contribution in [2.24, 2.45) is 0 Å². The van der Waals surface area contributed by atoms with Crippen molar-refractivity contribution < 1.29 is 19.2 Å². The highest BCUT2D eigenvalue weighted by Gasteiger charge is 2.19. The number of hydrogen-bond acceptors (Lipinski definition) is 3. The van der Waals surface area contributed by atoms with Crippen LogP contribution in [0.2, 0.25) is 0 Å². The van der Waals surface area contributed by atoms with Crippen molar-refractivity contribution in [3.63, 3.8) is 0 Å². The van der Waals surface area contributed by atoms with Crippen LogP contribution in [0.4, 0.5) is 4.39 Å². The smallest absolute Gasteiger partial charge is 0.423 e. The van der Waals surface area contributed by atoms with Crippen molar-refractivity contribution >= 4 is 18.5 Å². The second-order valence-electron chi connectivity index (χ2n) is 3.59. The Balaban J connectivity index is 3.01. The summed E-state index contributed by atoms with van der Waals surface area (Å²) in [6.45, 7) is 4.76. The number of nitrogens with zero attached hydrogens (tertiary/aromatic N) is 1. The molecule has 1 aromatic carbocycles. The van der Waals surface area contributed by atoms with E-state index in [1.54, 1.807) is 4.90 Å². The summed E-state index contributed by atoms with van der Waals surface area (Å²) in [5.41, 5.74) is -0.0308. The van der Waals surface area contributed by atoms with Gasteiger partial charge in [0.2, 0.25) is 0 Å². The molecule has 17 heavy (non-hydrogen) atoms. The molecule has 0 saturated heterocycles. The van der Waals surface area contributed by atoms with Crippen molar-refractivity contribution in [1.82, 2.24) is 4.90 Å². The van der Waals surface area contributed by atoms with Gasteiger partial charge in [-0.1, -0.05) is 6.07 Å². The van der Waals surface area contributed by atoms with Gasteiger partial charge in [-0.15, -0.1) is 0 Å². The highest BCUT2D eigenvalue weighted by molar-refractivity contribution is 6.58. The predicted octanol–water partition coefficient (Wildman–Crippen LogP) is -0.0125. The molecule has 2 N–H and O–H groups in total. The summed E-state index contributed by atoms with van der Waals surface area (Å²) in [4.78, 5) is 13.4. The van der Waals surface area contributed by atoms with Crippen LogP contribution in [0.25, 0.3) is 0 Å². The summed E-state index contributed by atoms with van der Waals surface area (Å²) < 4.78 is 13.4. The maximum Gasteiger partial charge on any atom is 0.491 e. The van der Waals surface area contributed by atoms with Crippen LogP contribution in [0.15, 0.2) is 18.2 Å². The van der Waals surface area contributed by atoms with Gasteiger partial charge in [0, 0.05) is 24.1 Å². The lowest BCUT2D eigenvalue weighted by atomic mass is 9.79. The monoisotopic (exact) mass is 239 g/mol. The zero-order chi connectivity index (χ0) is 13.0. The van der Waals surface area contributed by atoms with Gasteiger partial charge >= 0.3 is 7.12 Å². The van der Waals surface area contributed by atoms with E-state index in [1.807, 2.05) is 13.8 Å². The Bertz CT molecular complexity index is 408. The third-order valence-electron chi connectivity index (χ3n) is 2.58. The molecule has 6 heteroatoms. The minimum absolute atomic E-state index is 0.204. The average molecular weight is 239 g/mol. The van der Waals surface area contributed by atoms with Crippen molar-refractivity contribution in [2.75, 3.05) is 13.1 Å². The number of hydrogen-bond donors (Lipinski definition) is 2. The molecule has 1 amide bonds. The minimum Gasteiger partial charge on any atom is -0.423 e. The highest BCUT2D eigenvalue weighted by atomic mass is 19.1.